The van der Waals surface area contributed by atoms with E-state index in [0.29, 0.717) is 64.2 Å². The van der Waals surface area contributed by atoms with E-state index < -0.39 is 15.4 Å². The number of Topliss-reactive ketones (excluding diaryl/α,β-unsaturated/α-hetero) is 1. The van der Waals surface area contributed by atoms with Gasteiger partial charge < -0.3 is 4.90 Å². The highest BCUT2D eigenvalue weighted by molar-refractivity contribution is 9.10. The van der Waals surface area contributed by atoms with E-state index in [1.807, 2.05) is 17.2 Å². The first kappa shape index (κ1) is 32.7. The molecule has 7 rings (SSSR count). The number of hydrogen-bond donors (Lipinski definition) is 0. The van der Waals surface area contributed by atoms with E-state index in [1.165, 1.54) is 16.7 Å². The third kappa shape index (κ3) is 5.67. The third-order valence-corrected chi connectivity index (χ3v) is 15.0. The van der Waals surface area contributed by atoms with Gasteiger partial charge in [-0.3, -0.25) is 19.5 Å². The van der Waals surface area contributed by atoms with Crippen molar-refractivity contribution < 1.29 is 18.0 Å². The molecule has 0 spiro atoms. The van der Waals surface area contributed by atoms with Crippen molar-refractivity contribution in [1.29, 1.82) is 0 Å². The highest BCUT2D eigenvalue weighted by Crippen LogP contribution is 2.64. The van der Waals surface area contributed by atoms with E-state index in [4.69, 9.17) is 16.6 Å². The molecule has 11 heteroatoms. The van der Waals surface area contributed by atoms with Crippen LogP contribution in [0.2, 0.25) is 5.02 Å². The zero-order valence-electron chi connectivity index (χ0n) is 26.8. The molecule has 2 bridgehead atoms. The Morgan fingerprint density at radius 1 is 1.02 bits per heavy atom. The third-order valence-electron chi connectivity index (χ3n) is 12.3. The first-order chi connectivity index (χ1) is 21.9. The molecule has 1 aromatic heterocycles. The summed E-state index contributed by atoms with van der Waals surface area (Å²) in [5, 5.41) is 0.746. The summed E-state index contributed by atoms with van der Waals surface area (Å²) in [6.07, 6.45) is 7.65. The van der Waals surface area contributed by atoms with Crippen molar-refractivity contribution in [3.8, 4) is 0 Å². The Kier molecular flexibility index (Phi) is 8.69. The second-order valence-corrected chi connectivity index (χ2v) is 18.2. The van der Waals surface area contributed by atoms with Crippen molar-refractivity contribution in [2.45, 2.75) is 71.3 Å². The number of sulfonamides is 1. The largest absolute Gasteiger partial charge is 0.340 e. The van der Waals surface area contributed by atoms with Gasteiger partial charge in [0.05, 0.1) is 17.5 Å². The first-order valence-corrected chi connectivity index (χ1v) is 19.6. The molecule has 2 saturated carbocycles. The molecule has 248 valence electrons. The maximum absolute atomic E-state index is 13.6. The van der Waals surface area contributed by atoms with Gasteiger partial charge in [-0.1, -0.05) is 31.5 Å². The normalized spacial score (nSPS) is 28.6. The smallest absolute Gasteiger partial charge is 0.222 e. The summed E-state index contributed by atoms with van der Waals surface area (Å²) in [6, 6.07) is 8.38. The Morgan fingerprint density at radius 3 is 2.41 bits per heavy atom. The van der Waals surface area contributed by atoms with Gasteiger partial charge in [-0.15, -0.1) is 0 Å². The quantitative estimate of drug-likeness (QED) is 0.381. The number of carbonyl (C=O) groups is 2. The molecular formula is C35H44BrClN4O4S. The van der Waals surface area contributed by atoms with Crippen molar-refractivity contribution in [2.24, 2.45) is 22.7 Å². The molecule has 3 atom stereocenters. The fourth-order valence-corrected chi connectivity index (χ4v) is 12.1. The summed E-state index contributed by atoms with van der Waals surface area (Å²) in [4.78, 5) is 35.8. The molecule has 0 unspecified atom stereocenters. The molecule has 46 heavy (non-hydrogen) atoms. The van der Waals surface area contributed by atoms with Gasteiger partial charge in [-0.2, -0.15) is 0 Å². The van der Waals surface area contributed by atoms with E-state index in [9.17, 15) is 18.0 Å². The molecular weight excluding hydrogens is 688 g/mol. The van der Waals surface area contributed by atoms with E-state index in [1.54, 1.807) is 4.31 Å². The summed E-state index contributed by atoms with van der Waals surface area (Å²) in [7, 11) is -3.56. The lowest BCUT2D eigenvalue weighted by molar-refractivity contribution is -0.134. The standard InChI is InChI=1S/C35H44BrClN4O4S/c1-34(2)26-7-10-35(34,30(42)20-26)22-46(44,45)41-11-8-23(9-12-41)17-31(43)39-13-15-40(16-14-39)33-29-6-5-28(37)19-24(29)3-4-25-18-27(36)21-38-32(25)33/h5-6,18-19,21,23,26,33H,3-4,7-17,20,22H2,1-2H3/t26-,33+,35-/m0/s1. The number of piperidine rings is 1. The number of nitrogens with zero attached hydrogens (tertiary/aromatic N) is 4. The molecule has 3 heterocycles. The lowest BCUT2D eigenvalue weighted by Gasteiger charge is -2.41. The zero-order chi connectivity index (χ0) is 32.4. The van der Waals surface area contributed by atoms with Crippen LogP contribution in [0.15, 0.2) is 34.9 Å². The molecule has 5 aliphatic rings. The maximum Gasteiger partial charge on any atom is 0.222 e. The van der Waals surface area contributed by atoms with Crippen molar-refractivity contribution in [2.75, 3.05) is 45.0 Å². The Bertz CT molecular complexity index is 1600. The van der Waals surface area contributed by atoms with Crippen LogP contribution in [0.1, 0.15) is 80.8 Å². The minimum absolute atomic E-state index is 0.0150. The van der Waals surface area contributed by atoms with Crippen molar-refractivity contribution in [3.05, 3.63) is 62.3 Å². The SMILES string of the molecule is CC1(C)[C@H]2CC[C@]1(CS(=O)(=O)N1CCC(CC(=O)N3CCN([C@@H]4c5ccc(Cl)cc5CCc5cc(Br)cnc54)CC3)CC1)C(=O)C2. The number of piperazine rings is 1. The van der Waals surface area contributed by atoms with Crippen LogP contribution in [0.5, 0.6) is 0 Å². The number of fused-ring (bicyclic) bond motifs is 4. The van der Waals surface area contributed by atoms with Crippen LogP contribution in [-0.4, -0.2) is 84.2 Å². The fourth-order valence-electron chi connectivity index (χ4n) is 9.29. The number of rotatable bonds is 6. The molecule has 2 aromatic rings. The van der Waals surface area contributed by atoms with Crippen LogP contribution in [0, 0.1) is 22.7 Å². The van der Waals surface area contributed by atoms with Crippen LogP contribution < -0.4 is 0 Å². The minimum Gasteiger partial charge on any atom is -0.340 e. The van der Waals surface area contributed by atoms with Gasteiger partial charge in [0.1, 0.15) is 5.78 Å². The number of ketones is 1. The van der Waals surface area contributed by atoms with Crippen molar-refractivity contribution in [1.82, 2.24) is 19.1 Å². The molecule has 0 N–H and O–H groups in total. The first-order valence-electron chi connectivity index (χ1n) is 16.8. The number of aromatic nitrogens is 1. The number of aryl methyl sites for hydroxylation is 2. The molecule has 8 nitrogen and oxygen atoms in total. The number of carbonyl (C=O) groups excluding carboxylic acids is 2. The highest BCUT2D eigenvalue weighted by Gasteiger charge is 2.65. The monoisotopic (exact) mass is 730 g/mol. The predicted octanol–water partition coefficient (Wildman–Crippen LogP) is 5.66. The summed E-state index contributed by atoms with van der Waals surface area (Å²) in [6.45, 7) is 7.85. The number of amides is 1. The van der Waals surface area contributed by atoms with Crippen LogP contribution >= 0.6 is 27.5 Å². The maximum atomic E-state index is 13.6. The Balaban J connectivity index is 0.957. The van der Waals surface area contributed by atoms with Gasteiger partial charge in [-0.05, 0) is 107 Å². The molecule has 1 amide bonds. The Morgan fingerprint density at radius 2 is 1.74 bits per heavy atom. The van der Waals surface area contributed by atoms with Gasteiger partial charge in [0.2, 0.25) is 15.9 Å². The van der Waals surface area contributed by atoms with Gasteiger partial charge in [0.15, 0.2) is 0 Å². The number of hydrogen-bond acceptors (Lipinski definition) is 6. The van der Waals surface area contributed by atoms with Gasteiger partial charge in [-0.25, -0.2) is 12.7 Å². The summed E-state index contributed by atoms with van der Waals surface area (Å²) >= 11 is 10.0. The predicted molar refractivity (Wildman–Crippen MR) is 182 cm³/mol. The minimum atomic E-state index is -3.56. The Hall–Kier alpha value is -1.85. The number of halogens is 2. The van der Waals surface area contributed by atoms with E-state index >= 15 is 0 Å². The molecule has 2 aliphatic heterocycles. The topological polar surface area (TPSA) is 90.9 Å². The van der Waals surface area contributed by atoms with Crippen molar-refractivity contribution in [3.63, 3.8) is 0 Å². The summed E-state index contributed by atoms with van der Waals surface area (Å²) < 4.78 is 29.7. The summed E-state index contributed by atoms with van der Waals surface area (Å²) in [5.74, 6) is 0.700. The highest BCUT2D eigenvalue weighted by atomic mass is 79.9. The number of benzene rings is 1. The van der Waals surface area contributed by atoms with Crippen LogP contribution in [0.4, 0.5) is 0 Å². The fraction of sp³-hybridized carbons (Fsp3) is 0.629. The van der Waals surface area contributed by atoms with Crippen molar-refractivity contribution >= 4 is 49.2 Å². The average molecular weight is 732 g/mol. The number of pyridine rings is 1. The lowest BCUT2D eigenvalue weighted by atomic mass is 9.70. The second kappa shape index (κ2) is 12.2. The molecule has 2 saturated heterocycles. The Labute approximate surface area is 286 Å². The van der Waals surface area contributed by atoms with E-state index in [2.05, 4.69) is 52.9 Å². The summed E-state index contributed by atoms with van der Waals surface area (Å²) in [5.41, 5.74) is 3.81. The van der Waals surface area contributed by atoms with E-state index in [0.717, 1.165) is 47.5 Å². The molecule has 1 aromatic carbocycles. The van der Waals surface area contributed by atoms with Crippen LogP contribution in [-0.2, 0) is 32.5 Å². The molecule has 4 fully saturated rings. The van der Waals surface area contributed by atoms with Crippen LogP contribution in [0.25, 0.3) is 0 Å². The zero-order valence-corrected chi connectivity index (χ0v) is 30.0. The van der Waals surface area contributed by atoms with Gasteiger partial charge in [0, 0.05) is 73.2 Å². The lowest BCUT2D eigenvalue weighted by Crippen LogP contribution is -2.51. The van der Waals surface area contributed by atoms with Gasteiger partial charge in [0.25, 0.3) is 0 Å². The molecule has 3 aliphatic carbocycles. The van der Waals surface area contributed by atoms with E-state index in [-0.39, 0.29) is 34.8 Å². The van der Waals surface area contributed by atoms with Crippen LogP contribution in [0.3, 0.4) is 0 Å². The average Bonchev–Trinajstić information content (AvgIpc) is 3.27. The second-order valence-electron chi connectivity index (χ2n) is 14.8. The molecule has 0 radical (unpaired) electrons. The van der Waals surface area contributed by atoms with Gasteiger partial charge >= 0.3 is 0 Å².